The largest absolute Gasteiger partial charge is 0.492 e. The number of unbranched alkanes of at least 4 members (excludes halogenated alkanes) is 9. The Hall–Kier alpha value is -4.14. The quantitative estimate of drug-likeness (QED) is 0.0688. The molecule has 278 valence electrons. The second-order valence-corrected chi connectivity index (χ2v) is 14.3. The highest BCUT2D eigenvalue weighted by Crippen LogP contribution is 2.33. The zero-order valence-electron chi connectivity index (χ0n) is 30.7. The lowest BCUT2D eigenvalue weighted by atomic mass is 10.0. The van der Waals surface area contributed by atoms with E-state index in [-0.39, 0.29) is 5.91 Å². The molecule has 1 atom stereocenters. The molecule has 8 nitrogen and oxygen atoms in total. The van der Waals surface area contributed by atoms with Gasteiger partial charge < -0.3 is 19.5 Å². The van der Waals surface area contributed by atoms with Crippen LogP contribution in [0.4, 0.5) is 5.69 Å². The molecule has 3 aromatic carbocycles. The molecule has 0 aliphatic rings. The van der Waals surface area contributed by atoms with Crippen molar-refractivity contribution in [1.29, 1.82) is 0 Å². The fraction of sp³-hybridized carbons (Fsp3) is 0.429. The number of fused-ring (bicyclic) bond motifs is 1. The van der Waals surface area contributed by atoms with E-state index in [4.69, 9.17) is 37.4 Å². The Balaban J connectivity index is 1.12. The van der Waals surface area contributed by atoms with E-state index in [1.54, 1.807) is 35.0 Å². The Labute approximate surface area is 318 Å². The number of aromatic amines is 1. The Morgan fingerprint density at radius 2 is 1.48 bits per heavy atom. The summed E-state index contributed by atoms with van der Waals surface area (Å²) < 4.78 is 20.3. The third-order valence-corrected chi connectivity index (χ3v) is 9.79. The molecule has 5 aromatic rings. The molecule has 2 N–H and O–H groups in total. The summed E-state index contributed by atoms with van der Waals surface area (Å²) in [5, 5.41) is 11.9. The van der Waals surface area contributed by atoms with Crippen molar-refractivity contribution in [2.45, 2.75) is 110 Å². The van der Waals surface area contributed by atoms with Crippen LogP contribution in [0.2, 0.25) is 10.0 Å². The van der Waals surface area contributed by atoms with Crippen molar-refractivity contribution in [2.24, 2.45) is 0 Å². The van der Waals surface area contributed by atoms with Gasteiger partial charge in [-0.3, -0.25) is 9.89 Å². The van der Waals surface area contributed by atoms with Gasteiger partial charge in [-0.15, -0.1) is 0 Å². The van der Waals surface area contributed by atoms with E-state index in [9.17, 15) is 4.79 Å². The molecule has 0 radical (unpaired) electrons. The molecule has 2 heterocycles. The zero-order valence-corrected chi connectivity index (χ0v) is 32.2. The van der Waals surface area contributed by atoms with E-state index in [1.807, 2.05) is 50.2 Å². The predicted octanol–water partition coefficient (Wildman–Crippen LogP) is 12.1. The van der Waals surface area contributed by atoms with Crippen LogP contribution in [-0.2, 0) is 11.2 Å². The van der Waals surface area contributed by atoms with Crippen LogP contribution in [0, 0.1) is 13.8 Å². The third kappa shape index (κ3) is 11.4. The average Bonchev–Trinajstić information content (AvgIpc) is 3.66. The molecule has 52 heavy (non-hydrogen) atoms. The van der Waals surface area contributed by atoms with Gasteiger partial charge in [-0.1, -0.05) is 118 Å². The number of rotatable bonds is 22. The van der Waals surface area contributed by atoms with Crippen LogP contribution in [0.5, 0.6) is 23.0 Å². The molecule has 0 saturated heterocycles. The molecule has 0 aliphatic carbocycles. The van der Waals surface area contributed by atoms with E-state index < -0.39 is 6.10 Å². The Kier molecular flexibility index (Phi) is 15.2. The lowest BCUT2D eigenvalue weighted by molar-refractivity contribution is -0.123. The van der Waals surface area contributed by atoms with Gasteiger partial charge in [-0.05, 0) is 81.5 Å². The fourth-order valence-electron chi connectivity index (χ4n) is 6.22. The number of benzene rings is 3. The van der Waals surface area contributed by atoms with Gasteiger partial charge in [0.05, 0.1) is 16.7 Å². The van der Waals surface area contributed by atoms with Gasteiger partial charge in [0.2, 0.25) is 0 Å². The Morgan fingerprint density at radius 1 is 0.808 bits per heavy atom. The van der Waals surface area contributed by atoms with Crippen LogP contribution in [0.25, 0.3) is 5.52 Å². The number of carbonyl (C=O) groups is 1. The summed E-state index contributed by atoms with van der Waals surface area (Å²) in [6.45, 7) is 6.64. The molecule has 0 aliphatic heterocycles. The third-order valence-electron chi connectivity index (χ3n) is 9.17. The van der Waals surface area contributed by atoms with Crippen LogP contribution in [0.3, 0.4) is 0 Å². The lowest BCUT2D eigenvalue weighted by Crippen LogP contribution is -2.33. The van der Waals surface area contributed by atoms with Crippen molar-refractivity contribution in [1.82, 2.24) is 14.8 Å². The highest BCUT2D eigenvalue weighted by Gasteiger charge is 2.22. The number of aryl methyl sites for hydroxylation is 3. The number of nitrogens with one attached hydrogen (secondary N) is 2. The second kappa shape index (κ2) is 20.2. The SMILES string of the molecule is CCCCCCCCCCCCC(Oc1ccccc1Cl)C(=O)Nc1ccc(Cl)c(OCCCc2cc3c(Oc4ccccc4C)c(C)nn3[nH]2)c1. The maximum absolute atomic E-state index is 13.6. The molecule has 2 aromatic heterocycles. The first-order valence-electron chi connectivity index (χ1n) is 18.8. The summed E-state index contributed by atoms with van der Waals surface area (Å²) in [5.41, 5.74) is 4.35. The number of para-hydroxylation sites is 2. The molecular weight excluding hydrogens is 695 g/mol. The molecule has 10 heteroatoms. The monoisotopic (exact) mass is 746 g/mol. The maximum Gasteiger partial charge on any atom is 0.265 e. The number of anilines is 1. The van der Waals surface area contributed by atoms with E-state index in [0.29, 0.717) is 40.3 Å². The number of halogens is 2. The number of carbonyl (C=O) groups excluding carboxylic acids is 1. The van der Waals surface area contributed by atoms with Crippen LogP contribution in [-0.4, -0.2) is 33.4 Å². The summed E-state index contributed by atoms with van der Waals surface area (Å²) in [6.07, 6.45) is 13.6. The summed E-state index contributed by atoms with van der Waals surface area (Å²) in [4.78, 5) is 13.6. The summed E-state index contributed by atoms with van der Waals surface area (Å²) in [5.74, 6) is 2.31. The maximum atomic E-state index is 13.6. The van der Waals surface area contributed by atoms with E-state index in [0.717, 1.165) is 66.1 Å². The molecule has 0 fully saturated rings. The summed E-state index contributed by atoms with van der Waals surface area (Å²) in [6, 6.07) is 22.5. The van der Waals surface area contributed by atoms with Crippen LogP contribution in [0.15, 0.2) is 72.8 Å². The first-order valence-corrected chi connectivity index (χ1v) is 19.5. The normalized spacial score (nSPS) is 11.9. The molecule has 0 spiro atoms. The standard InChI is InChI=1S/C42H52Cl2N4O4/c1-4-5-6-7-8-9-10-11-12-13-24-39(51-38-23-17-15-21-34(38)43)42(49)45-32-25-26-35(44)40(29-32)50-27-18-20-33-28-36-41(31(3)46-48(36)47-33)52-37-22-16-14-19-30(37)2/h14-17,19,21-23,25-26,28-29,39,47H,4-13,18,20,24,27H2,1-3H3,(H,45,49). The van der Waals surface area contributed by atoms with Crippen LogP contribution < -0.4 is 19.5 Å². The minimum Gasteiger partial charge on any atom is -0.492 e. The predicted molar refractivity (Wildman–Crippen MR) is 212 cm³/mol. The molecule has 1 amide bonds. The Bertz CT molecular complexity index is 1870. The van der Waals surface area contributed by atoms with Crippen molar-refractivity contribution in [2.75, 3.05) is 11.9 Å². The molecule has 0 bridgehead atoms. The lowest BCUT2D eigenvalue weighted by Gasteiger charge is -2.20. The highest BCUT2D eigenvalue weighted by molar-refractivity contribution is 6.32. The van der Waals surface area contributed by atoms with Crippen molar-refractivity contribution >= 4 is 40.3 Å². The number of amides is 1. The van der Waals surface area contributed by atoms with Gasteiger partial charge in [0.15, 0.2) is 11.9 Å². The van der Waals surface area contributed by atoms with Crippen molar-refractivity contribution in [3.63, 3.8) is 0 Å². The minimum atomic E-state index is -0.692. The molecule has 1 unspecified atom stereocenters. The van der Waals surface area contributed by atoms with E-state index >= 15 is 0 Å². The van der Waals surface area contributed by atoms with Crippen LogP contribution >= 0.6 is 23.2 Å². The fourth-order valence-corrected chi connectivity index (χ4v) is 6.58. The summed E-state index contributed by atoms with van der Waals surface area (Å²) >= 11 is 12.9. The van der Waals surface area contributed by atoms with Gasteiger partial charge in [0, 0.05) is 17.4 Å². The number of aromatic nitrogens is 3. The van der Waals surface area contributed by atoms with Crippen molar-refractivity contribution in [3.05, 3.63) is 99.8 Å². The van der Waals surface area contributed by atoms with E-state index in [2.05, 4.69) is 28.5 Å². The number of ether oxygens (including phenoxy) is 3. The first-order chi connectivity index (χ1) is 25.3. The van der Waals surface area contributed by atoms with E-state index in [1.165, 1.54) is 44.9 Å². The van der Waals surface area contributed by atoms with Crippen molar-refractivity contribution in [3.8, 4) is 23.0 Å². The van der Waals surface area contributed by atoms with Gasteiger partial charge in [0.1, 0.15) is 28.5 Å². The van der Waals surface area contributed by atoms with Gasteiger partial charge >= 0.3 is 0 Å². The number of nitrogens with zero attached hydrogens (tertiary/aromatic N) is 2. The van der Waals surface area contributed by atoms with Gasteiger partial charge in [-0.2, -0.15) is 9.73 Å². The molecule has 0 saturated carbocycles. The smallest absolute Gasteiger partial charge is 0.265 e. The highest BCUT2D eigenvalue weighted by atomic mass is 35.5. The average molecular weight is 748 g/mol. The Morgan fingerprint density at radius 3 is 2.21 bits per heavy atom. The van der Waals surface area contributed by atoms with Gasteiger partial charge in [-0.25, -0.2) is 0 Å². The van der Waals surface area contributed by atoms with Gasteiger partial charge in [0.25, 0.3) is 5.91 Å². The van der Waals surface area contributed by atoms with Crippen LogP contribution in [0.1, 0.15) is 101 Å². The topological polar surface area (TPSA) is 89.9 Å². The molecule has 5 rings (SSSR count). The molecular formula is C42H52Cl2N4O4. The number of hydrogen-bond donors (Lipinski definition) is 2. The first kappa shape index (κ1) is 39.1. The second-order valence-electron chi connectivity index (χ2n) is 13.5. The number of H-pyrrole nitrogens is 1. The summed E-state index contributed by atoms with van der Waals surface area (Å²) in [7, 11) is 0. The zero-order chi connectivity index (χ0) is 36.7. The number of hydrogen-bond acceptors (Lipinski definition) is 5. The van der Waals surface area contributed by atoms with Crippen molar-refractivity contribution < 1.29 is 19.0 Å². The minimum absolute atomic E-state index is 0.234.